The zero-order chi connectivity index (χ0) is 27.8. The van der Waals surface area contributed by atoms with Crippen LogP contribution in [0.2, 0.25) is 10.0 Å². The third-order valence-corrected chi connectivity index (χ3v) is 5.70. The van der Waals surface area contributed by atoms with Crippen LogP contribution in [0.3, 0.4) is 0 Å². The molecule has 1 N–H and O–H groups in total. The molecule has 1 aliphatic heterocycles. The number of carbonyl (C=O) groups excluding carboxylic acids is 3. The molecule has 0 bridgehead atoms. The van der Waals surface area contributed by atoms with Crippen LogP contribution in [0.25, 0.3) is 6.08 Å². The highest BCUT2D eigenvalue weighted by Gasteiger charge is 2.37. The summed E-state index contributed by atoms with van der Waals surface area (Å²) in [6.07, 6.45) is -3.71. The summed E-state index contributed by atoms with van der Waals surface area (Å²) in [5, 5.41) is 12.9. The minimum Gasteiger partial charge on any atom is -0.447 e. The van der Waals surface area contributed by atoms with Crippen LogP contribution in [0.1, 0.15) is 11.1 Å². The molecule has 0 atom stereocenters. The number of nitro groups is 1. The maximum Gasteiger partial charge on any atom is 0.416 e. The highest BCUT2D eigenvalue weighted by Crippen LogP contribution is 2.42. The van der Waals surface area contributed by atoms with Crippen molar-refractivity contribution in [2.24, 2.45) is 0 Å². The zero-order valence-electron chi connectivity index (χ0n) is 18.6. The summed E-state index contributed by atoms with van der Waals surface area (Å²) in [5.41, 5.74) is -2.32. The molecule has 4 amide bonds. The summed E-state index contributed by atoms with van der Waals surface area (Å²) < 4.78 is 44.3. The second-order valence-corrected chi connectivity index (χ2v) is 8.46. The van der Waals surface area contributed by atoms with E-state index in [2.05, 4.69) is 5.32 Å². The van der Waals surface area contributed by atoms with Crippen LogP contribution in [0.15, 0.2) is 66.2 Å². The molecule has 1 aliphatic rings. The molecular weight excluding hydrogens is 554 g/mol. The van der Waals surface area contributed by atoms with Crippen LogP contribution in [0.5, 0.6) is 11.5 Å². The summed E-state index contributed by atoms with van der Waals surface area (Å²) in [5.74, 6) is -2.77. The van der Waals surface area contributed by atoms with Gasteiger partial charge in [-0.2, -0.15) is 13.2 Å². The summed E-state index contributed by atoms with van der Waals surface area (Å²) >= 11 is 12.4. The van der Waals surface area contributed by atoms with Crippen molar-refractivity contribution < 1.29 is 37.2 Å². The number of benzene rings is 3. The molecule has 3 aromatic rings. The van der Waals surface area contributed by atoms with Gasteiger partial charge in [-0.05, 0) is 48.0 Å². The van der Waals surface area contributed by atoms with Gasteiger partial charge in [-0.1, -0.05) is 41.4 Å². The van der Waals surface area contributed by atoms with Crippen LogP contribution >= 0.6 is 23.2 Å². The fourth-order valence-corrected chi connectivity index (χ4v) is 4.01. The molecule has 0 unspecified atom stereocenters. The van der Waals surface area contributed by atoms with Gasteiger partial charge in [0.1, 0.15) is 5.57 Å². The van der Waals surface area contributed by atoms with Crippen LogP contribution < -0.4 is 15.0 Å². The molecule has 0 aliphatic carbocycles. The number of hydrogen-bond acceptors (Lipinski definition) is 6. The number of para-hydroxylation sites is 1. The second kappa shape index (κ2) is 10.1. The Bertz CT molecular complexity index is 1500. The number of imide groups is 2. The first-order valence-corrected chi connectivity index (χ1v) is 11.1. The van der Waals surface area contributed by atoms with Crippen molar-refractivity contribution in [2.75, 3.05) is 4.90 Å². The van der Waals surface area contributed by atoms with Gasteiger partial charge in [0.05, 0.1) is 26.2 Å². The standard InChI is InChI=1S/C24H12Cl2F3N3O6/c25-16-9-12(8-15-21(33)30-23(35)31(22(15)34)14-4-2-1-3-5-14)10-17(26)20(16)38-19-7-6-13(24(27,28)29)11-18(19)32(36)37/h1-11H,(H,30,33,35)/b15-8+. The molecular formula is C24H12Cl2F3N3O6. The fraction of sp³-hybridized carbons (Fsp3) is 0.0417. The van der Waals surface area contributed by atoms with E-state index in [0.717, 1.165) is 17.0 Å². The number of nitrogens with one attached hydrogen (secondary N) is 1. The number of urea groups is 1. The summed E-state index contributed by atoms with van der Waals surface area (Å²) in [6, 6.07) is 11.0. The number of carbonyl (C=O) groups is 3. The van der Waals surface area contributed by atoms with Crippen LogP contribution in [-0.4, -0.2) is 22.8 Å². The van der Waals surface area contributed by atoms with Crippen molar-refractivity contribution >= 4 is 58.5 Å². The molecule has 1 fully saturated rings. The summed E-state index contributed by atoms with van der Waals surface area (Å²) in [4.78, 5) is 48.7. The third-order valence-electron chi connectivity index (χ3n) is 5.14. The van der Waals surface area contributed by atoms with E-state index in [0.29, 0.717) is 12.1 Å². The van der Waals surface area contributed by atoms with Crippen molar-refractivity contribution in [3.63, 3.8) is 0 Å². The Labute approximate surface area is 221 Å². The van der Waals surface area contributed by atoms with Crippen LogP contribution in [0, 0.1) is 10.1 Å². The Hall–Kier alpha value is -4.42. The Morgan fingerprint density at radius 1 is 0.974 bits per heavy atom. The van der Waals surface area contributed by atoms with E-state index in [1.165, 1.54) is 24.3 Å². The lowest BCUT2D eigenvalue weighted by molar-refractivity contribution is -0.385. The number of nitro benzene ring substituents is 1. The van der Waals surface area contributed by atoms with E-state index in [1.807, 2.05) is 0 Å². The first-order chi connectivity index (χ1) is 17.9. The Kier molecular flexibility index (Phi) is 7.11. The van der Waals surface area contributed by atoms with Crippen molar-refractivity contribution in [2.45, 2.75) is 6.18 Å². The van der Waals surface area contributed by atoms with Crippen molar-refractivity contribution in [3.8, 4) is 11.5 Å². The molecule has 1 heterocycles. The number of nitrogens with zero attached hydrogens (tertiary/aromatic N) is 2. The molecule has 38 heavy (non-hydrogen) atoms. The highest BCUT2D eigenvalue weighted by atomic mass is 35.5. The zero-order valence-corrected chi connectivity index (χ0v) is 20.1. The van der Waals surface area contributed by atoms with E-state index >= 15 is 0 Å². The predicted molar refractivity (Wildman–Crippen MR) is 130 cm³/mol. The molecule has 0 aromatic heterocycles. The van der Waals surface area contributed by atoms with Gasteiger partial charge in [0.25, 0.3) is 11.8 Å². The number of ether oxygens (including phenoxy) is 1. The number of anilines is 1. The van der Waals surface area contributed by atoms with Crippen molar-refractivity contribution in [1.29, 1.82) is 0 Å². The van der Waals surface area contributed by atoms with Crippen LogP contribution in [0.4, 0.5) is 29.3 Å². The smallest absolute Gasteiger partial charge is 0.416 e. The first-order valence-electron chi connectivity index (χ1n) is 10.4. The van der Waals surface area contributed by atoms with Gasteiger partial charge < -0.3 is 4.74 Å². The number of halogens is 5. The van der Waals surface area contributed by atoms with Crippen LogP contribution in [-0.2, 0) is 15.8 Å². The number of hydrogen-bond donors (Lipinski definition) is 1. The quantitative estimate of drug-likeness (QED) is 0.166. The monoisotopic (exact) mass is 565 g/mol. The maximum atomic E-state index is 13.0. The topological polar surface area (TPSA) is 119 Å². The van der Waals surface area contributed by atoms with Gasteiger partial charge in [-0.15, -0.1) is 0 Å². The largest absolute Gasteiger partial charge is 0.447 e. The minimum absolute atomic E-state index is 0.120. The van der Waals surface area contributed by atoms with Gasteiger partial charge in [-0.3, -0.25) is 25.0 Å². The molecule has 0 radical (unpaired) electrons. The van der Waals surface area contributed by atoms with E-state index < -0.39 is 51.5 Å². The van der Waals surface area contributed by atoms with Crippen molar-refractivity contribution in [1.82, 2.24) is 5.32 Å². The highest BCUT2D eigenvalue weighted by molar-refractivity contribution is 6.40. The number of amides is 4. The van der Waals surface area contributed by atoms with Gasteiger partial charge in [0.15, 0.2) is 5.75 Å². The van der Waals surface area contributed by atoms with E-state index in [-0.39, 0.29) is 27.0 Å². The van der Waals surface area contributed by atoms with E-state index in [1.54, 1.807) is 18.2 Å². The van der Waals surface area contributed by atoms with Gasteiger partial charge in [0, 0.05) is 6.07 Å². The Morgan fingerprint density at radius 2 is 1.61 bits per heavy atom. The SMILES string of the molecule is O=C1NC(=O)N(c2ccccc2)C(=O)/C1=C/c1cc(Cl)c(Oc2ccc(C(F)(F)F)cc2[N+](=O)[O-])c(Cl)c1. The Balaban J connectivity index is 1.68. The fourth-order valence-electron chi connectivity index (χ4n) is 3.43. The maximum absolute atomic E-state index is 13.0. The number of alkyl halides is 3. The summed E-state index contributed by atoms with van der Waals surface area (Å²) in [6.45, 7) is 0. The Morgan fingerprint density at radius 3 is 2.18 bits per heavy atom. The second-order valence-electron chi connectivity index (χ2n) is 7.65. The minimum atomic E-state index is -4.82. The lowest BCUT2D eigenvalue weighted by atomic mass is 10.1. The lowest BCUT2D eigenvalue weighted by Crippen LogP contribution is -2.54. The van der Waals surface area contributed by atoms with Gasteiger partial charge in [-0.25, -0.2) is 9.69 Å². The molecule has 3 aromatic carbocycles. The molecule has 0 saturated carbocycles. The van der Waals surface area contributed by atoms with E-state index in [9.17, 15) is 37.7 Å². The van der Waals surface area contributed by atoms with Gasteiger partial charge >= 0.3 is 17.9 Å². The normalized spacial score (nSPS) is 15.0. The summed E-state index contributed by atoms with van der Waals surface area (Å²) in [7, 11) is 0. The third kappa shape index (κ3) is 5.31. The average Bonchev–Trinajstić information content (AvgIpc) is 2.84. The molecule has 4 rings (SSSR count). The number of barbiturate groups is 1. The molecule has 0 spiro atoms. The van der Waals surface area contributed by atoms with Gasteiger partial charge in [0.2, 0.25) is 5.75 Å². The molecule has 1 saturated heterocycles. The molecule has 194 valence electrons. The lowest BCUT2D eigenvalue weighted by Gasteiger charge is -2.26. The average molecular weight is 566 g/mol. The first kappa shape index (κ1) is 26.6. The molecule has 9 nitrogen and oxygen atoms in total. The predicted octanol–water partition coefficient (Wildman–Crippen LogP) is 6.38. The van der Waals surface area contributed by atoms with Crippen molar-refractivity contribution in [3.05, 3.63) is 97.5 Å². The molecule has 14 heteroatoms. The number of rotatable bonds is 5. The van der Waals surface area contributed by atoms with E-state index in [4.69, 9.17) is 27.9 Å².